The molecule has 0 spiro atoms. The average Bonchev–Trinajstić information content (AvgIpc) is 1.55. The number of aromatic nitrogens is 2. The predicted octanol–water partition coefficient (Wildman–Crippen LogP) is 19.7. The van der Waals surface area contributed by atoms with Crippen LogP contribution in [0.5, 0.6) is 0 Å². The molecule has 0 fully saturated rings. The van der Waals surface area contributed by atoms with Crippen LogP contribution in [0.3, 0.4) is 0 Å². The van der Waals surface area contributed by atoms with Crippen LogP contribution in [0.4, 0.5) is 101 Å². The zero-order valence-electron chi connectivity index (χ0n) is 67.5. The standard InChI is InChI=1S/C34H11F7N6.C32H11F9N4.C30H11F7N6/c1-14-18(33(46-2)47-3)8-20-28(14)29(15-4-24(35)22(12-44)25(36)5-15)21-9-19(17(10-42)11-43)32(34(39,40)41)31(21)30(20)16-6-26(37)23(13-45)27(38)7-16;1-12-16(31(44-2)45-3)8-18-24(12)25(13-4-20(33)29(37)21(34)5-13)19-9-17(15(10-42)11-43)28(32(39,40)41)27(19)26(18)14-6-22(35)30(38)23(36)7-14;1-12-16(29(40-2)41-3)8-18-24(12)25(13-4-20(31)42-21(32)5-13)19-9-17(15(10-38)11-39)28(30(35,36)37)27(19)26(18)14-6-22(33)43-23(34)7-14/h4-7H,8-9H2,1H3;4-7H,8-9H2,1H3;4-7H,8-9H2,1H3. The van der Waals surface area contributed by atoms with Gasteiger partial charge < -0.3 is 0 Å². The van der Waals surface area contributed by atoms with E-state index in [1.54, 1.807) is 0 Å². The van der Waals surface area contributed by atoms with E-state index in [2.05, 4.69) is 39.0 Å². The van der Waals surface area contributed by atoms with Crippen molar-refractivity contribution >= 4 is 33.4 Å². The lowest BCUT2D eigenvalue weighted by atomic mass is 9.86. The number of nitriles is 8. The smallest absolute Gasteiger partial charge is 0.205 e. The number of benzene rings is 7. The van der Waals surface area contributed by atoms with E-state index in [0.29, 0.717) is 60.7 Å². The first kappa shape index (κ1) is 94.4. The van der Waals surface area contributed by atoms with Gasteiger partial charge in [-0.05, 0) is 253 Å². The molecular weight excluding hydrogens is 1810 g/mol. The summed E-state index contributed by atoms with van der Waals surface area (Å²) < 4.78 is 339. The summed E-state index contributed by atoms with van der Waals surface area (Å²) in [7, 11) is 0. The van der Waals surface area contributed by atoms with Crippen molar-refractivity contribution < 1.29 is 101 Å². The molecule has 658 valence electrons. The molecular formula is C96H33F23N16. The molecule has 2 heterocycles. The molecule has 135 heavy (non-hydrogen) atoms. The van der Waals surface area contributed by atoms with Crippen LogP contribution in [0.25, 0.3) is 129 Å². The fraction of sp³-hybridized carbons (Fsp3) is 0.125. The maximum absolute atomic E-state index is 15.1. The maximum atomic E-state index is 15.1. The first-order valence-corrected chi connectivity index (χ1v) is 37.6. The summed E-state index contributed by atoms with van der Waals surface area (Å²) in [5, 5.41) is 73.5. The molecule has 0 aliphatic heterocycles. The Morgan fingerprint density at radius 3 is 0.637 bits per heavy atom. The van der Waals surface area contributed by atoms with Crippen LogP contribution >= 0.6 is 0 Å². The van der Waals surface area contributed by atoms with E-state index in [-0.39, 0.29) is 117 Å². The Balaban J connectivity index is 0.000000172. The number of alkyl halides is 9. The van der Waals surface area contributed by atoms with Crippen molar-refractivity contribution in [3.63, 3.8) is 0 Å². The van der Waals surface area contributed by atoms with Crippen LogP contribution in [0.1, 0.15) is 65.3 Å². The summed E-state index contributed by atoms with van der Waals surface area (Å²) in [6, 6.07) is 18.7. The molecule has 6 aliphatic rings. The number of rotatable bonds is 6. The van der Waals surface area contributed by atoms with Crippen LogP contribution < -0.4 is 31.3 Å². The molecule has 0 saturated carbocycles. The highest BCUT2D eigenvalue weighted by Crippen LogP contribution is 2.50. The number of hydrogen-bond donors (Lipinski definition) is 0. The molecule has 0 bridgehead atoms. The van der Waals surface area contributed by atoms with Crippen molar-refractivity contribution in [2.45, 2.75) is 77.8 Å². The number of allylic oxidation sites excluding steroid dienone is 9. The van der Waals surface area contributed by atoms with Crippen molar-refractivity contribution in [1.82, 2.24) is 9.97 Å². The molecule has 2 aromatic heterocycles. The molecule has 0 atom stereocenters. The highest BCUT2D eigenvalue weighted by Gasteiger charge is 2.49. The number of fused-ring (bicyclic) bond motifs is 6. The van der Waals surface area contributed by atoms with Gasteiger partial charge in [0.1, 0.15) is 139 Å². The van der Waals surface area contributed by atoms with E-state index < -0.39 is 266 Å². The lowest BCUT2D eigenvalue weighted by Crippen LogP contribution is -2.27. The highest BCUT2D eigenvalue weighted by atomic mass is 19.4. The monoisotopic (exact) mass is 1850 g/mol. The van der Waals surface area contributed by atoms with Gasteiger partial charge in [-0.25, -0.2) is 43.9 Å². The molecule has 0 radical (unpaired) electrons. The lowest BCUT2D eigenvalue weighted by molar-refractivity contribution is -0.0704. The second kappa shape index (κ2) is 35.3. The average molecular weight is 1850 g/mol. The van der Waals surface area contributed by atoms with Crippen molar-refractivity contribution in [3.8, 4) is 115 Å². The Kier molecular flexibility index (Phi) is 24.7. The first-order chi connectivity index (χ1) is 63.8. The quantitative estimate of drug-likeness (QED) is 0.0501. The van der Waals surface area contributed by atoms with E-state index in [9.17, 15) is 112 Å². The van der Waals surface area contributed by atoms with Gasteiger partial charge in [0.2, 0.25) is 23.8 Å². The van der Waals surface area contributed by atoms with Crippen molar-refractivity contribution in [2.75, 3.05) is 0 Å². The number of pyridine rings is 2. The van der Waals surface area contributed by atoms with E-state index in [1.807, 2.05) is 0 Å². The molecule has 0 saturated heterocycles. The minimum absolute atomic E-state index is 0.00882. The molecule has 6 aliphatic carbocycles. The van der Waals surface area contributed by atoms with Gasteiger partial charge in [-0.15, -0.1) is 0 Å². The van der Waals surface area contributed by atoms with Crippen molar-refractivity contribution in [2.24, 2.45) is 0 Å². The summed E-state index contributed by atoms with van der Waals surface area (Å²) in [5.74, 6) is -23.1. The molecule has 39 heteroatoms. The SMILES string of the molecule is [C-]#[N+]C([N+]#[C-])=C1Cc2c(-c3cc(F)c(C#N)c(F)c3)c3c(c(-c4cc(F)c(C#N)c(F)c4)c2=C1C)CC(=C(C#N)C#N)C=3C(F)(F)F.[C-]#[N+]C([N+]#[C-])=C1Cc2c(-c3cc(F)c(F)c(F)c3)c3c(c(-c4cc(F)c(F)c(F)c4)c2=C1C)CC(=C(C#N)C#N)C=3C(F)(F)F.[C-]#[N+]C([N+]#[C-])=C1Cc2c(-c3cc(F)nc(F)c3)c3c(c(-c4cc(F)nc(F)c4)c2=C1C)CC(=C(C#N)C#N)C=3C(F)(F)F. The number of nitrogens with zero attached hydrogens (tertiary/aromatic N) is 16. The molecule has 0 unspecified atom stereocenters. The predicted molar refractivity (Wildman–Crippen MR) is 427 cm³/mol. The molecule has 16 nitrogen and oxygen atoms in total. The molecule has 0 N–H and O–H groups in total. The van der Waals surface area contributed by atoms with Gasteiger partial charge in [0, 0.05) is 43.5 Å². The minimum Gasteiger partial charge on any atom is -0.205 e. The van der Waals surface area contributed by atoms with Crippen molar-refractivity contribution in [1.29, 1.82) is 42.1 Å². The minimum atomic E-state index is -5.34. The lowest BCUT2D eigenvalue weighted by Gasteiger charge is -2.18. The highest BCUT2D eigenvalue weighted by molar-refractivity contribution is 5.98. The Morgan fingerprint density at radius 2 is 0.452 bits per heavy atom. The van der Waals surface area contributed by atoms with Gasteiger partial charge in [-0.1, -0.05) is 0 Å². The molecule has 7 aromatic carbocycles. The molecule has 15 rings (SSSR count). The van der Waals surface area contributed by atoms with E-state index >= 15 is 30.7 Å². The Morgan fingerprint density at radius 1 is 0.274 bits per heavy atom. The van der Waals surface area contributed by atoms with Gasteiger partial charge >= 0.3 is 36.0 Å². The summed E-state index contributed by atoms with van der Waals surface area (Å²) in [6.07, 6.45) is -19.5. The maximum Gasteiger partial charge on any atom is 0.523 e. The summed E-state index contributed by atoms with van der Waals surface area (Å²) in [5.41, 5.74) is -17.1. The fourth-order valence-electron chi connectivity index (χ4n) is 17.8. The largest absolute Gasteiger partial charge is 0.523 e. The van der Waals surface area contributed by atoms with Crippen LogP contribution in [0.2, 0.25) is 0 Å². The Bertz CT molecular complexity index is 8210. The van der Waals surface area contributed by atoms with E-state index in [4.69, 9.17) is 39.4 Å². The van der Waals surface area contributed by atoms with Gasteiger partial charge in [-0.3, -0.25) is 0 Å². The Labute approximate surface area is 743 Å². The summed E-state index contributed by atoms with van der Waals surface area (Å²) >= 11 is 0. The summed E-state index contributed by atoms with van der Waals surface area (Å²) in [4.78, 5) is 25.2. The zero-order chi connectivity index (χ0) is 99.0. The van der Waals surface area contributed by atoms with E-state index in [1.165, 1.54) is 69.3 Å². The summed E-state index contributed by atoms with van der Waals surface area (Å²) in [6.45, 7) is 48.9. The van der Waals surface area contributed by atoms with Gasteiger partial charge in [0.05, 0.1) is 33.4 Å². The third-order valence-corrected chi connectivity index (χ3v) is 22.8. The molecule has 0 amide bonds. The van der Waals surface area contributed by atoms with E-state index in [0.717, 1.165) is 12.1 Å². The second-order valence-corrected chi connectivity index (χ2v) is 29.6. The van der Waals surface area contributed by atoms with Crippen LogP contribution in [0, 0.1) is 212 Å². The van der Waals surface area contributed by atoms with Crippen LogP contribution in [-0.2, 0) is 38.5 Å². The second-order valence-electron chi connectivity index (χ2n) is 29.6. The zero-order valence-corrected chi connectivity index (χ0v) is 67.5. The van der Waals surface area contributed by atoms with Gasteiger partial charge in [0.25, 0.3) is 0 Å². The normalized spacial score (nSPS) is 13.4. The van der Waals surface area contributed by atoms with Gasteiger partial charge in [0.15, 0.2) is 34.9 Å². The molecule has 9 aromatic rings. The van der Waals surface area contributed by atoms with Crippen LogP contribution in [-0.4, -0.2) is 28.5 Å². The number of hydrogen-bond acceptors (Lipinski definition) is 10. The fourth-order valence-corrected chi connectivity index (χ4v) is 17.8. The number of halogens is 23. The first-order valence-electron chi connectivity index (χ1n) is 37.6. The van der Waals surface area contributed by atoms with Gasteiger partial charge in [-0.2, -0.15) is 138 Å². The Hall–Kier alpha value is -18.3. The third-order valence-electron chi connectivity index (χ3n) is 22.8. The van der Waals surface area contributed by atoms with Crippen molar-refractivity contribution in [3.05, 3.63) is 367 Å². The third kappa shape index (κ3) is 15.8. The van der Waals surface area contributed by atoms with Crippen LogP contribution in [0.15, 0.2) is 140 Å². The topological polar surface area (TPSA) is 242 Å².